The van der Waals surface area contributed by atoms with Gasteiger partial charge in [0.25, 0.3) is 0 Å². The number of hydrogen-bond acceptors (Lipinski definition) is 3. The van der Waals surface area contributed by atoms with Crippen LogP contribution in [0.4, 0.5) is 0 Å². The highest BCUT2D eigenvalue weighted by molar-refractivity contribution is 7.09. The topological polar surface area (TPSA) is 38.9 Å². The van der Waals surface area contributed by atoms with E-state index in [-0.39, 0.29) is 5.41 Å². The van der Waals surface area contributed by atoms with Crippen LogP contribution in [0.25, 0.3) is 0 Å². The van der Waals surface area contributed by atoms with Crippen LogP contribution in [0.5, 0.6) is 0 Å². The number of rotatable bonds is 4. The summed E-state index contributed by atoms with van der Waals surface area (Å²) in [4.78, 5) is 4.89. The van der Waals surface area contributed by atoms with Gasteiger partial charge in [-0.1, -0.05) is 34.6 Å². The van der Waals surface area contributed by atoms with Gasteiger partial charge in [-0.05, 0) is 49.5 Å². The third-order valence-corrected chi connectivity index (χ3v) is 6.05. The van der Waals surface area contributed by atoms with Crippen LogP contribution in [0.15, 0.2) is 5.38 Å². The Kier molecular flexibility index (Phi) is 5.48. The molecule has 3 atom stereocenters. The van der Waals surface area contributed by atoms with Crippen LogP contribution >= 0.6 is 11.3 Å². The Balaban J connectivity index is 2.06. The minimum absolute atomic E-state index is 0.162. The van der Waals surface area contributed by atoms with Gasteiger partial charge in [0.05, 0.1) is 10.7 Å². The SMILES string of the molecule is CC(C)C1CCC(CN)C(Cc2nc(C(C)(C)C)cs2)C1. The molecular weight excluding hydrogens is 276 g/mol. The molecule has 0 saturated heterocycles. The van der Waals surface area contributed by atoms with Gasteiger partial charge in [0.15, 0.2) is 0 Å². The summed E-state index contributed by atoms with van der Waals surface area (Å²) in [6.45, 7) is 12.3. The smallest absolute Gasteiger partial charge is 0.0931 e. The highest BCUT2D eigenvalue weighted by atomic mass is 32.1. The summed E-state index contributed by atoms with van der Waals surface area (Å²) in [6, 6.07) is 0. The van der Waals surface area contributed by atoms with Crippen molar-refractivity contribution in [1.29, 1.82) is 0 Å². The lowest BCUT2D eigenvalue weighted by molar-refractivity contribution is 0.151. The van der Waals surface area contributed by atoms with E-state index in [0.29, 0.717) is 5.92 Å². The Labute approximate surface area is 134 Å². The van der Waals surface area contributed by atoms with E-state index in [2.05, 4.69) is 40.0 Å². The fraction of sp³-hybridized carbons (Fsp3) is 0.833. The van der Waals surface area contributed by atoms with E-state index < -0.39 is 0 Å². The summed E-state index contributed by atoms with van der Waals surface area (Å²) < 4.78 is 0. The zero-order valence-corrected chi connectivity index (χ0v) is 15.2. The van der Waals surface area contributed by atoms with Gasteiger partial charge in [0.2, 0.25) is 0 Å². The number of nitrogens with two attached hydrogens (primary N) is 1. The van der Waals surface area contributed by atoms with Crippen LogP contribution in [0, 0.1) is 23.7 Å². The molecule has 1 heterocycles. The summed E-state index contributed by atoms with van der Waals surface area (Å²) in [5.74, 6) is 3.10. The maximum Gasteiger partial charge on any atom is 0.0931 e. The molecule has 0 bridgehead atoms. The summed E-state index contributed by atoms with van der Waals surface area (Å²) >= 11 is 1.84. The largest absolute Gasteiger partial charge is 0.330 e. The van der Waals surface area contributed by atoms with Gasteiger partial charge in [0.1, 0.15) is 0 Å². The molecule has 0 spiro atoms. The molecule has 1 aromatic rings. The van der Waals surface area contributed by atoms with Gasteiger partial charge < -0.3 is 5.73 Å². The zero-order chi connectivity index (χ0) is 15.6. The van der Waals surface area contributed by atoms with E-state index in [0.717, 1.165) is 30.7 Å². The predicted molar refractivity (Wildman–Crippen MR) is 92.7 cm³/mol. The molecule has 0 amide bonds. The van der Waals surface area contributed by atoms with Gasteiger partial charge in [-0.25, -0.2) is 4.98 Å². The second kappa shape index (κ2) is 6.78. The molecule has 3 heteroatoms. The van der Waals surface area contributed by atoms with Crippen LogP contribution in [0.2, 0.25) is 0 Å². The Morgan fingerprint density at radius 2 is 2.00 bits per heavy atom. The minimum Gasteiger partial charge on any atom is -0.330 e. The van der Waals surface area contributed by atoms with Gasteiger partial charge in [-0.3, -0.25) is 0 Å². The Bertz CT molecular complexity index is 444. The summed E-state index contributed by atoms with van der Waals surface area (Å²) in [7, 11) is 0. The fourth-order valence-corrected chi connectivity index (χ4v) is 4.62. The van der Waals surface area contributed by atoms with E-state index in [1.54, 1.807) is 0 Å². The van der Waals surface area contributed by atoms with Crippen molar-refractivity contribution in [2.24, 2.45) is 29.4 Å². The lowest BCUT2D eigenvalue weighted by Crippen LogP contribution is -2.33. The molecule has 21 heavy (non-hydrogen) atoms. The number of aromatic nitrogens is 1. The van der Waals surface area contributed by atoms with Crippen molar-refractivity contribution in [3.63, 3.8) is 0 Å². The monoisotopic (exact) mass is 308 g/mol. The minimum atomic E-state index is 0.162. The second-order valence-corrected chi connectivity index (χ2v) is 9.10. The molecule has 1 fully saturated rings. The number of nitrogens with zero attached hydrogens (tertiary/aromatic N) is 1. The lowest BCUT2D eigenvalue weighted by atomic mass is 9.69. The molecule has 2 nitrogen and oxygen atoms in total. The van der Waals surface area contributed by atoms with Crippen LogP contribution in [0.1, 0.15) is 64.6 Å². The first-order chi connectivity index (χ1) is 9.81. The molecule has 120 valence electrons. The van der Waals surface area contributed by atoms with Crippen molar-refractivity contribution in [2.75, 3.05) is 6.54 Å². The van der Waals surface area contributed by atoms with Crippen molar-refractivity contribution in [3.05, 3.63) is 16.1 Å². The Morgan fingerprint density at radius 3 is 2.52 bits per heavy atom. The molecule has 1 aliphatic carbocycles. The molecule has 0 aliphatic heterocycles. The van der Waals surface area contributed by atoms with E-state index in [1.807, 2.05) is 11.3 Å². The van der Waals surface area contributed by atoms with Gasteiger partial charge >= 0.3 is 0 Å². The first kappa shape index (κ1) is 17.0. The third kappa shape index (κ3) is 4.29. The standard InChI is InChI=1S/C18H32N2S/c1-12(2)13-6-7-14(10-19)15(8-13)9-17-20-16(11-21-17)18(3,4)5/h11-15H,6-10,19H2,1-5H3. The van der Waals surface area contributed by atoms with Gasteiger partial charge in [-0.2, -0.15) is 0 Å². The average molecular weight is 309 g/mol. The first-order valence-corrected chi connectivity index (χ1v) is 9.34. The van der Waals surface area contributed by atoms with Crippen LogP contribution < -0.4 is 5.73 Å². The first-order valence-electron chi connectivity index (χ1n) is 8.46. The van der Waals surface area contributed by atoms with Crippen LogP contribution in [-0.2, 0) is 11.8 Å². The van der Waals surface area contributed by atoms with Gasteiger partial charge in [0, 0.05) is 17.2 Å². The Morgan fingerprint density at radius 1 is 1.29 bits per heavy atom. The Hall–Kier alpha value is -0.410. The highest BCUT2D eigenvalue weighted by Gasteiger charge is 2.31. The zero-order valence-electron chi connectivity index (χ0n) is 14.4. The van der Waals surface area contributed by atoms with Crippen molar-refractivity contribution in [1.82, 2.24) is 4.98 Å². The molecule has 3 unspecified atom stereocenters. The summed E-state index contributed by atoms with van der Waals surface area (Å²) in [6.07, 6.45) is 5.14. The molecule has 1 aromatic heterocycles. The summed E-state index contributed by atoms with van der Waals surface area (Å²) in [5, 5.41) is 3.56. The molecular formula is C18H32N2S. The molecule has 0 radical (unpaired) electrons. The number of hydrogen-bond donors (Lipinski definition) is 1. The quantitative estimate of drug-likeness (QED) is 0.880. The van der Waals surface area contributed by atoms with Crippen LogP contribution in [0.3, 0.4) is 0 Å². The number of thiazole rings is 1. The molecule has 1 aliphatic rings. The molecule has 1 saturated carbocycles. The maximum atomic E-state index is 6.03. The molecule has 2 rings (SSSR count). The van der Waals surface area contributed by atoms with Crippen molar-refractivity contribution < 1.29 is 0 Å². The van der Waals surface area contributed by atoms with Crippen molar-refractivity contribution >= 4 is 11.3 Å². The predicted octanol–water partition coefficient (Wildman–Crippen LogP) is 4.63. The van der Waals surface area contributed by atoms with E-state index >= 15 is 0 Å². The lowest BCUT2D eigenvalue weighted by Gasteiger charge is -2.37. The van der Waals surface area contributed by atoms with E-state index in [1.165, 1.54) is 30.0 Å². The van der Waals surface area contributed by atoms with E-state index in [9.17, 15) is 0 Å². The van der Waals surface area contributed by atoms with E-state index in [4.69, 9.17) is 10.7 Å². The average Bonchev–Trinajstić information content (AvgIpc) is 2.87. The van der Waals surface area contributed by atoms with Crippen LogP contribution in [-0.4, -0.2) is 11.5 Å². The van der Waals surface area contributed by atoms with Crippen molar-refractivity contribution in [3.8, 4) is 0 Å². The summed E-state index contributed by atoms with van der Waals surface area (Å²) in [5.41, 5.74) is 7.43. The second-order valence-electron chi connectivity index (χ2n) is 8.15. The van der Waals surface area contributed by atoms with Crippen molar-refractivity contribution in [2.45, 2.75) is 65.7 Å². The highest BCUT2D eigenvalue weighted by Crippen LogP contribution is 2.39. The molecule has 0 aromatic carbocycles. The fourth-order valence-electron chi connectivity index (χ4n) is 3.50. The molecule has 2 N–H and O–H groups in total. The van der Waals surface area contributed by atoms with Gasteiger partial charge in [-0.15, -0.1) is 11.3 Å². The normalized spacial score (nSPS) is 27.3. The maximum absolute atomic E-state index is 6.03. The third-order valence-electron chi connectivity index (χ3n) is 5.18.